The van der Waals surface area contributed by atoms with E-state index < -0.39 is 18.5 Å². The SMILES string of the molecule is Cn1c(C(=O)OCC(=O)Nc2ccccc2Br)c(-c2ccccc2)c2ccccc2c1=O. The van der Waals surface area contributed by atoms with Crippen molar-refractivity contribution >= 4 is 44.3 Å². The Labute approximate surface area is 192 Å². The van der Waals surface area contributed by atoms with E-state index in [1.165, 1.54) is 11.6 Å². The Kier molecular flexibility index (Phi) is 6.18. The molecule has 0 bridgehead atoms. The van der Waals surface area contributed by atoms with Gasteiger partial charge in [-0.1, -0.05) is 60.7 Å². The summed E-state index contributed by atoms with van der Waals surface area (Å²) >= 11 is 3.36. The molecule has 0 aliphatic heterocycles. The first-order valence-electron chi connectivity index (χ1n) is 9.86. The molecule has 0 fully saturated rings. The molecule has 0 aliphatic carbocycles. The van der Waals surface area contributed by atoms with Crippen molar-refractivity contribution in [2.45, 2.75) is 0 Å². The Hall–Kier alpha value is -3.71. The summed E-state index contributed by atoms with van der Waals surface area (Å²) in [4.78, 5) is 38.4. The maximum absolute atomic E-state index is 13.1. The second-order valence-electron chi connectivity index (χ2n) is 7.10. The molecular weight excluding hydrogens is 472 g/mol. The van der Waals surface area contributed by atoms with Gasteiger partial charge in [-0.2, -0.15) is 0 Å². The van der Waals surface area contributed by atoms with Crippen molar-refractivity contribution in [3.05, 3.63) is 99.4 Å². The third kappa shape index (κ3) is 4.20. The number of carbonyl (C=O) groups is 2. The number of benzene rings is 3. The highest BCUT2D eigenvalue weighted by Crippen LogP contribution is 2.31. The summed E-state index contributed by atoms with van der Waals surface area (Å²) in [6.45, 7) is -0.491. The van der Waals surface area contributed by atoms with Crippen LogP contribution in [0.2, 0.25) is 0 Å². The number of nitrogens with zero attached hydrogens (tertiary/aromatic N) is 1. The standard InChI is InChI=1S/C25H19BrN2O4/c1-28-23(25(31)32-15-21(29)27-20-14-8-7-13-19(20)26)22(16-9-3-2-4-10-16)17-11-5-6-12-18(17)24(28)30/h2-14H,15H2,1H3,(H,27,29). The van der Waals surface area contributed by atoms with Crippen LogP contribution in [0.15, 0.2) is 88.1 Å². The topological polar surface area (TPSA) is 77.4 Å². The van der Waals surface area contributed by atoms with E-state index in [2.05, 4.69) is 21.2 Å². The molecule has 0 aliphatic rings. The van der Waals surface area contributed by atoms with Gasteiger partial charge in [0.25, 0.3) is 11.5 Å². The van der Waals surface area contributed by atoms with E-state index in [0.717, 1.165) is 5.56 Å². The average molecular weight is 491 g/mol. The van der Waals surface area contributed by atoms with Crippen molar-refractivity contribution in [1.82, 2.24) is 4.57 Å². The fraction of sp³-hybridized carbons (Fsp3) is 0.0800. The number of pyridine rings is 1. The van der Waals surface area contributed by atoms with E-state index in [1.54, 1.807) is 36.4 Å². The van der Waals surface area contributed by atoms with Crippen molar-refractivity contribution < 1.29 is 14.3 Å². The van der Waals surface area contributed by atoms with Crippen LogP contribution in [0.25, 0.3) is 21.9 Å². The first kappa shape index (κ1) is 21.5. The lowest BCUT2D eigenvalue weighted by molar-refractivity contribution is -0.119. The maximum Gasteiger partial charge on any atom is 0.356 e. The van der Waals surface area contributed by atoms with Gasteiger partial charge in [0.05, 0.1) is 5.69 Å². The second-order valence-corrected chi connectivity index (χ2v) is 7.96. The van der Waals surface area contributed by atoms with E-state index in [9.17, 15) is 14.4 Å². The Morgan fingerprint density at radius 3 is 2.25 bits per heavy atom. The quantitative estimate of drug-likeness (QED) is 0.409. The molecule has 0 spiro atoms. The molecule has 0 saturated carbocycles. The summed E-state index contributed by atoms with van der Waals surface area (Å²) in [5.41, 5.74) is 1.69. The molecule has 0 saturated heterocycles. The Bertz CT molecular complexity index is 1380. The number of nitrogens with one attached hydrogen (secondary N) is 1. The van der Waals surface area contributed by atoms with Gasteiger partial charge in [-0.25, -0.2) is 4.79 Å². The van der Waals surface area contributed by atoms with Crippen molar-refractivity contribution in [1.29, 1.82) is 0 Å². The van der Waals surface area contributed by atoms with Crippen molar-refractivity contribution in [2.24, 2.45) is 7.05 Å². The smallest absolute Gasteiger partial charge is 0.356 e. The molecule has 0 radical (unpaired) electrons. The van der Waals surface area contributed by atoms with Gasteiger partial charge in [-0.15, -0.1) is 0 Å². The number of rotatable bonds is 5. The van der Waals surface area contributed by atoms with E-state index in [-0.39, 0.29) is 11.3 Å². The van der Waals surface area contributed by atoms with Crippen LogP contribution >= 0.6 is 15.9 Å². The van der Waals surface area contributed by atoms with Crippen LogP contribution in [-0.4, -0.2) is 23.1 Å². The molecule has 1 aromatic heterocycles. The minimum Gasteiger partial charge on any atom is -0.451 e. The Morgan fingerprint density at radius 2 is 1.53 bits per heavy atom. The molecule has 4 aromatic rings. The van der Waals surface area contributed by atoms with Gasteiger partial charge >= 0.3 is 5.97 Å². The zero-order chi connectivity index (χ0) is 22.7. The lowest BCUT2D eigenvalue weighted by atomic mass is 9.97. The van der Waals surface area contributed by atoms with Crippen molar-refractivity contribution in [3.63, 3.8) is 0 Å². The Balaban J connectivity index is 1.70. The van der Waals surface area contributed by atoms with E-state index in [4.69, 9.17) is 4.74 Å². The monoisotopic (exact) mass is 490 g/mol. The van der Waals surface area contributed by atoms with Crippen LogP contribution in [0.1, 0.15) is 10.5 Å². The minimum absolute atomic E-state index is 0.0913. The number of hydrogen-bond acceptors (Lipinski definition) is 4. The molecule has 160 valence electrons. The first-order valence-corrected chi connectivity index (χ1v) is 10.7. The van der Waals surface area contributed by atoms with Crippen LogP contribution in [0.5, 0.6) is 0 Å². The van der Waals surface area contributed by atoms with Crippen LogP contribution in [-0.2, 0) is 16.6 Å². The molecule has 0 unspecified atom stereocenters. The van der Waals surface area contributed by atoms with Crippen LogP contribution < -0.4 is 10.9 Å². The number of hydrogen-bond donors (Lipinski definition) is 1. The third-order valence-electron chi connectivity index (χ3n) is 5.04. The van der Waals surface area contributed by atoms with Gasteiger partial charge in [0, 0.05) is 22.5 Å². The number of fused-ring (bicyclic) bond motifs is 1. The fourth-order valence-electron chi connectivity index (χ4n) is 3.55. The predicted molar refractivity (Wildman–Crippen MR) is 128 cm³/mol. The van der Waals surface area contributed by atoms with E-state index in [0.29, 0.717) is 26.5 Å². The highest BCUT2D eigenvalue weighted by molar-refractivity contribution is 9.10. The highest BCUT2D eigenvalue weighted by Gasteiger charge is 2.23. The lowest BCUT2D eigenvalue weighted by Gasteiger charge is -2.16. The summed E-state index contributed by atoms with van der Waals surface area (Å²) in [5, 5.41) is 3.83. The minimum atomic E-state index is -0.753. The molecule has 4 rings (SSSR count). The summed E-state index contributed by atoms with van der Waals surface area (Å²) in [7, 11) is 1.53. The summed E-state index contributed by atoms with van der Waals surface area (Å²) in [6, 6.07) is 23.6. The Morgan fingerprint density at radius 1 is 0.906 bits per heavy atom. The molecule has 0 atom stereocenters. The molecule has 6 nitrogen and oxygen atoms in total. The summed E-state index contributed by atoms with van der Waals surface area (Å²) in [6.07, 6.45) is 0. The number of carbonyl (C=O) groups excluding carboxylic acids is 2. The number of para-hydroxylation sites is 1. The highest BCUT2D eigenvalue weighted by atomic mass is 79.9. The van der Waals surface area contributed by atoms with Crippen molar-refractivity contribution in [3.8, 4) is 11.1 Å². The largest absolute Gasteiger partial charge is 0.451 e. The number of amides is 1. The van der Waals surface area contributed by atoms with Gasteiger partial charge in [-0.05, 0) is 45.1 Å². The van der Waals surface area contributed by atoms with Crippen LogP contribution in [0.4, 0.5) is 5.69 Å². The average Bonchev–Trinajstić information content (AvgIpc) is 2.81. The predicted octanol–water partition coefficient (Wildman–Crippen LogP) is 4.76. The van der Waals surface area contributed by atoms with E-state index in [1.807, 2.05) is 42.5 Å². The molecule has 1 N–H and O–H groups in total. The zero-order valence-corrected chi connectivity index (χ0v) is 18.8. The number of halogens is 1. The van der Waals surface area contributed by atoms with Gasteiger partial charge in [0.1, 0.15) is 5.69 Å². The van der Waals surface area contributed by atoms with E-state index >= 15 is 0 Å². The number of ether oxygens (including phenoxy) is 1. The van der Waals surface area contributed by atoms with Gasteiger partial charge in [0.15, 0.2) is 6.61 Å². The molecule has 7 heteroatoms. The maximum atomic E-state index is 13.1. The molecule has 32 heavy (non-hydrogen) atoms. The first-order chi connectivity index (χ1) is 15.5. The zero-order valence-electron chi connectivity index (χ0n) is 17.2. The normalized spacial score (nSPS) is 10.7. The fourth-order valence-corrected chi connectivity index (χ4v) is 3.93. The van der Waals surface area contributed by atoms with Gasteiger partial charge in [-0.3, -0.25) is 9.59 Å². The summed E-state index contributed by atoms with van der Waals surface area (Å²) < 4.78 is 7.31. The molecular formula is C25H19BrN2O4. The number of anilines is 1. The molecule has 1 heterocycles. The number of aromatic nitrogens is 1. The van der Waals surface area contributed by atoms with Crippen LogP contribution in [0.3, 0.4) is 0 Å². The van der Waals surface area contributed by atoms with Gasteiger partial charge < -0.3 is 14.6 Å². The van der Waals surface area contributed by atoms with Crippen LogP contribution in [0, 0.1) is 0 Å². The molecule has 1 amide bonds. The third-order valence-corrected chi connectivity index (χ3v) is 5.73. The molecule has 3 aromatic carbocycles. The number of esters is 1. The summed E-state index contributed by atoms with van der Waals surface area (Å²) in [5.74, 6) is -1.24. The van der Waals surface area contributed by atoms with Gasteiger partial charge in [0.2, 0.25) is 0 Å². The lowest BCUT2D eigenvalue weighted by Crippen LogP contribution is -2.28. The van der Waals surface area contributed by atoms with Crippen molar-refractivity contribution in [2.75, 3.05) is 11.9 Å². The second kappa shape index (κ2) is 9.20.